The van der Waals surface area contributed by atoms with Gasteiger partial charge < -0.3 is 4.90 Å². The normalized spacial score (nSPS) is 26.3. The molecular weight excluding hydrogens is 267 g/mol. The summed E-state index contributed by atoms with van der Waals surface area (Å²) >= 11 is 0. The van der Waals surface area contributed by atoms with Gasteiger partial charge in [0.25, 0.3) is 0 Å². The molecule has 114 valence electrons. The van der Waals surface area contributed by atoms with Crippen LogP contribution in [0.4, 0.5) is 4.39 Å². The molecule has 1 aliphatic heterocycles. The van der Waals surface area contributed by atoms with Gasteiger partial charge in [0.1, 0.15) is 12.0 Å². The van der Waals surface area contributed by atoms with Crippen LogP contribution in [0.2, 0.25) is 0 Å². The minimum atomic E-state index is -0.242. The lowest BCUT2D eigenvalue weighted by Gasteiger charge is -2.40. The summed E-state index contributed by atoms with van der Waals surface area (Å²) in [6, 6.07) is 6.76. The molecule has 1 heterocycles. The van der Waals surface area contributed by atoms with Crippen molar-refractivity contribution in [2.45, 2.75) is 51.7 Å². The molecule has 1 saturated carbocycles. The second kappa shape index (κ2) is 5.41. The van der Waals surface area contributed by atoms with Crippen LogP contribution < -0.4 is 5.32 Å². The summed E-state index contributed by atoms with van der Waals surface area (Å²) in [5.41, 5.74) is 1.35. The summed E-state index contributed by atoms with van der Waals surface area (Å²) in [6.45, 7) is 4.97. The van der Waals surface area contributed by atoms with E-state index >= 15 is 0 Å². The van der Waals surface area contributed by atoms with Crippen molar-refractivity contribution in [3.8, 4) is 0 Å². The van der Waals surface area contributed by atoms with Gasteiger partial charge in [-0.05, 0) is 48.8 Å². The lowest BCUT2D eigenvalue weighted by Crippen LogP contribution is -2.42. The summed E-state index contributed by atoms with van der Waals surface area (Å²) in [4.78, 5) is 14.3. The number of rotatable bonds is 2. The molecule has 0 aromatic heterocycles. The predicted octanol–water partition coefficient (Wildman–Crippen LogP) is 3.22. The Labute approximate surface area is 125 Å². The lowest BCUT2D eigenvalue weighted by molar-refractivity contribution is -0.131. The van der Waals surface area contributed by atoms with E-state index in [1.807, 2.05) is 4.90 Å². The van der Waals surface area contributed by atoms with Gasteiger partial charge in [-0.2, -0.15) is 0 Å². The van der Waals surface area contributed by atoms with E-state index in [0.717, 1.165) is 31.2 Å². The quantitative estimate of drug-likeness (QED) is 0.907. The number of benzene rings is 1. The van der Waals surface area contributed by atoms with Crippen LogP contribution in [0.25, 0.3) is 0 Å². The zero-order valence-electron chi connectivity index (χ0n) is 12.7. The van der Waals surface area contributed by atoms with E-state index in [9.17, 15) is 9.18 Å². The summed E-state index contributed by atoms with van der Waals surface area (Å²) in [5, 5.41) is 3.26. The number of carbonyl (C=O) groups excluding carboxylic acids is 1. The highest BCUT2D eigenvalue weighted by molar-refractivity contribution is 5.81. The topological polar surface area (TPSA) is 32.3 Å². The molecule has 21 heavy (non-hydrogen) atoms. The second-order valence-corrected chi connectivity index (χ2v) is 7.03. The minimum absolute atomic E-state index is 0.107. The highest BCUT2D eigenvalue weighted by atomic mass is 19.1. The minimum Gasteiger partial charge on any atom is -0.319 e. The van der Waals surface area contributed by atoms with Gasteiger partial charge in [0.15, 0.2) is 0 Å². The van der Waals surface area contributed by atoms with E-state index in [-0.39, 0.29) is 17.9 Å². The third kappa shape index (κ3) is 2.95. The molecule has 1 unspecified atom stereocenters. The van der Waals surface area contributed by atoms with Crippen LogP contribution >= 0.6 is 0 Å². The molecule has 0 radical (unpaired) electrons. The van der Waals surface area contributed by atoms with Gasteiger partial charge in [0.2, 0.25) is 5.91 Å². The Morgan fingerprint density at radius 2 is 1.81 bits per heavy atom. The number of halogens is 1. The van der Waals surface area contributed by atoms with Crippen LogP contribution in [0.3, 0.4) is 0 Å². The van der Waals surface area contributed by atoms with Gasteiger partial charge in [0.05, 0.1) is 6.54 Å². The second-order valence-electron chi connectivity index (χ2n) is 7.03. The standard InChI is InChI=1S/C17H23FN2O/c1-17(2)9-7-14(8-10-17)20-15(21)11-19-16(20)12-3-5-13(18)6-4-12/h3-6,14,16,19H,7-11H2,1-2H3. The highest BCUT2D eigenvalue weighted by Crippen LogP contribution is 2.39. The molecule has 3 nitrogen and oxygen atoms in total. The van der Waals surface area contributed by atoms with Crippen LogP contribution in [0, 0.1) is 11.2 Å². The van der Waals surface area contributed by atoms with E-state index in [4.69, 9.17) is 0 Å². The maximum absolute atomic E-state index is 13.1. The Kier molecular flexibility index (Phi) is 3.74. The smallest absolute Gasteiger partial charge is 0.238 e. The number of hydrogen-bond donors (Lipinski definition) is 1. The van der Waals surface area contributed by atoms with Gasteiger partial charge in [0, 0.05) is 6.04 Å². The van der Waals surface area contributed by atoms with E-state index in [1.54, 1.807) is 12.1 Å². The predicted molar refractivity (Wildman–Crippen MR) is 80.0 cm³/mol. The van der Waals surface area contributed by atoms with Gasteiger partial charge in [-0.3, -0.25) is 10.1 Å². The molecule has 1 N–H and O–H groups in total. The molecule has 3 rings (SSSR count). The van der Waals surface area contributed by atoms with Gasteiger partial charge >= 0.3 is 0 Å². The Morgan fingerprint density at radius 3 is 2.43 bits per heavy atom. The zero-order chi connectivity index (χ0) is 15.0. The van der Waals surface area contributed by atoms with Gasteiger partial charge in [-0.1, -0.05) is 26.0 Å². The van der Waals surface area contributed by atoms with Crippen molar-refractivity contribution >= 4 is 5.91 Å². The number of nitrogens with one attached hydrogen (secondary N) is 1. The fraction of sp³-hybridized carbons (Fsp3) is 0.588. The average molecular weight is 290 g/mol. The van der Waals surface area contributed by atoms with Gasteiger partial charge in [-0.15, -0.1) is 0 Å². The van der Waals surface area contributed by atoms with Crippen LogP contribution in [0.1, 0.15) is 51.3 Å². The highest BCUT2D eigenvalue weighted by Gasteiger charge is 2.39. The maximum atomic E-state index is 13.1. The summed E-state index contributed by atoms with van der Waals surface area (Å²) < 4.78 is 13.1. The lowest BCUT2D eigenvalue weighted by atomic mass is 9.75. The number of hydrogen-bond acceptors (Lipinski definition) is 2. The van der Waals surface area contributed by atoms with E-state index in [2.05, 4.69) is 19.2 Å². The van der Waals surface area contributed by atoms with Crippen LogP contribution in [-0.4, -0.2) is 23.4 Å². The third-order valence-electron chi connectivity index (χ3n) is 4.90. The maximum Gasteiger partial charge on any atom is 0.238 e. The molecule has 4 heteroatoms. The first-order valence-corrected chi connectivity index (χ1v) is 7.76. The summed E-state index contributed by atoms with van der Waals surface area (Å²) in [6.07, 6.45) is 4.30. The Morgan fingerprint density at radius 1 is 1.19 bits per heavy atom. The third-order valence-corrected chi connectivity index (χ3v) is 4.90. The molecule has 1 amide bonds. The molecule has 2 fully saturated rings. The van der Waals surface area contributed by atoms with Crippen molar-refractivity contribution in [2.75, 3.05) is 6.54 Å². The molecule has 0 spiro atoms. The largest absolute Gasteiger partial charge is 0.319 e. The first-order chi connectivity index (χ1) is 9.96. The van der Waals surface area contributed by atoms with Crippen molar-refractivity contribution in [1.29, 1.82) is 0 Å². The van der Waals surface area contributed by atoms with Crippen molar-refractivity contribution in [2.24, 2.45) is 5.41 Å². The number of carbonyl (C=O) groups is 1. The zero-order valence-corrected chi connectivity index (χ0v) is 12.7. The summed E-state index contributed by atoms with van der Waals surface area (Å²) in [7, 11) is 0. The SMILES string of the molecule is CC1(C)CCC(N2C(=O)CNC2c2ccc(F)cc2)CC1. The number of nitrogens with zero attached hydrogens (tertiary/aromatic N) is 1. The van der Waals surface area contributed by atoms with Crippen LogP contribution in [0.15, 0.2) is 24.3 Å². The molecule has 0 bridgehead atoms. The Balaban J connectivity index is 1.78. The van der Waals surface area contributed by atoms with Crippen molar-refractivity contribution in [1.82, 2.24) is 10.2 Å². The van der Waals surface area contributed by atoms with E-state index in [0.29, 0.717) is 18.0 Å². The molecule has 1 aliphatic carbocycles. The molecule has 1 aromatic carbocycles. The molecule has 1 atom stereocenters. The fourth-order valence-corrected chi connectivity index (χ4v) is 3.52. The van der Waals surface area contributed by atoms with Crippen LogP contribution in [0.5, 0.6) is 0 Å². The van der Waals surface area contributed by atoms with Crippen molar-refractivity contribution < 1.29 is 9.18 Å². The van der Waals surface area contributed by atoms with Gasteiger partial charge in [-0.25, -0.2) is 4.39 Å². The van der Waals surface area contributed by atoms with Crippen molar-refractivity contribution in [3.63, 3.8) is 0 Å². The average Bonchev–Trinajstić information content (AvgIpc) is 2.82. The Bertz CT molecular complexity index is 516. The van der Waals surface area contributed by atoms with E-state index < -0.39 is 0 Å². The monoisotopic (exact) mass is 290 g/mol. The molecule has 1 saturated heterocycles. The first kappa shape index (κ1) is 14.5. The first-order valence-electron chi connectivity index (χ1n) is 7.76. The molecule has 2 aliphatic rings. The summed E-state index contributed by atoms with van der Waals surface area (Å²) in [5.74, 6) is -0.0805. The molecule has 1 aromatic rings. The van der Waals surface area contributed by atoms with E-state index in [1.165, 1.54) is 12.1 Å². The fourth-order valence-electron chi connectivity index (χ4n) is 3.52. The van der Waals surface area contributed by atoms with Crippen LogP contribution in [-0.2, 0) is 4.79 Å². The Hall–Kier alpha value is -1.42. The number of amides is 1. The molecular formula is C17H23FN2O. The van der Waals surface area contributed by atoms with Crippen molar-refractivity contribution in [3.05, 3.63) is 35.6 Å².